The maximum Gasteiger partial charge on any atom is 0.254 e. The largest absolute Gasteiger partial charge is 0.497 e. The SMILES string of the molecule is COc1cccc(C(=O)N2CCN(c3ccc(C)c(C)c3)CC2)c1. The van der Waals surface area contributed by atoms with E-state index in [0.717, 1.165) is 31.9 Å². The van der Waals surface area contributed by atoms with Gasteiger partial charge in [0.15, 0.2) is 0 Å². The predicted molar refractivity (Wildman–Crippen MR) is 97.0 cm³/mol. The highest BCUT2D eigenvalue weighted by Crippen LogP contribution is 2.21. The molecule has 0 radical (unpaired) electrons. The topological polar surface area (TPSA) is 32.8 Å². The van der Waals surface area contributed by atoms with Gasteiger partial charge in [0.05, 0.1) is 7.11 Å². The molecule has 4 nitrogen and oxygen atoms in total. The van der Waals surface area contributed by atoms with E-state index in [9.17, 15) is 4.79 Å². The van der Waals surface area contributed by atoms with Gasteiger partial charge in [-0.15, -0.1) is 0 Å². The maximum absolute atomic E-state index is 12.7. The summed E-state index contributed by atoms with van der Waals surface area (Å²) in [6, 6.07) is 13.9. The number of ether oxygens (including phenoxy) is 1. The van der Waals surface area contributed by atoms with Gasteiger partial charge in [0.25, 0.3) is 5.91 Å². The van der Waals surface area contributed by atoms with Gasteiger partial charge in [0, 0.05) is 37.4 Å². The van der Waals surface area contributed by atoms with Crippen LogP contribution in [0.5, 0.6) is 5.75 Å². The van der Waals surface area contributed by atoms with Gasteiger partial charge in [-0.3, -0.25) is 4.79 Å². The second-order valence-electron chi connectivity index (χ2n) is 6.28. The fourth-order valence-electron chi connectivity index (χ4n) is 3.03. The first-order chi connectivity index (χ1) is 11.6. The molecule has 0 atom stereocenters. The van der Waals surface area contributed by atoms with Crippen molar-refractivity contribution >= 4 is 11.6 Å². The van der Waals surface area contributed by atoms with Crippen molar-refractivity contribution in [1.29, 1.82) is 0 Å². The average Bonchev–Trinajstić information content (AvgIpc) is 2.63. The molecule has 1 saturated heterocycles. The fourth-order valence-corrected chi connectivity index (χ4v) is 3.03. The molecule has 1 heterocycles. The molecule has 0 N–H and O–H groups in total. The molecule has 0 spiro atoms. The van der Waals surface area contributed by atoms with Gasteiger partial charge in [-0.2, -0.15) is 0 Å². The van der Waals surface area contributed by atoms with Crippen LogP contribution >= 0.6 is 0 Å². The van der Waals surface area contributed by atoms with E-state index in [-0.39, 0.29) is 5.91 Å². The van der Waals surface area contributed by atoms with Crippen molar-refractivity contribution in [3.05, 3.63) is 59.2 Å². The minimum atomic E-state index is 0.0774. The van der Waals surface area contributed by atoms with Gasteiger partial charge in [-0.05, 0) is 55.3 Å². The highest BCUT2D eigenvalue weighted by Gasteiger charge is 2.22. The van der Waals surface area contributed by atoms with Crippen LogP contribution in [0.4, 0.5) is 5.69 Å². The molecule has 0 aromatic heterocycles. The summed E-state index contributed by atoms with van der Waals surface area (Å²) in [6.45, 7) is 7.47. The molecule has 4 heteroatoms. The summed E-state index contributed by atoms with van der Waals surface area (Å²) >= 11 is 0. The van der Waals surface area contributed by atoms with Crippen LogP contribution in [-0.2, 0) is 0 Å². The molecule has 3 rings (SSSR count). The van der Waals surface area contributed by atoms with Gasteiger partial charge < -0.3 is 14.5 Å². The molecule has 0 bridgehead atoms. The van der Waals surface area contributed by atoms with E-state index in [1.165, 1.54) is 16.8 Å². The van der Waals surface area contributed by atoms with E-state index in [0.29, 0.717) is 5.56 Å². The normalized spacial score (nSPS) is 14.6. The summed E-state index contributed by atoms with van der Waals surface area (Å²) in [6.07, 6.45) is 0. The summed E-state index contributed by atoms with van der Waals surface area (Å²) in [5.74, 6) is 0.795. The van der Waals surface area contributed by atoms with Crippen LogP contribution < -0.4 is 9.64 Å². The Kier molecular flexibility index (Phi) is 4.74. The van der Waals surface area contributed by atoms with Gasteiger partial charge >= 0.3 is 0 Å². The molecule has 126 valence electrons. The van der Waals surface area contributed by atoms with E-state index in [2.05, 4.69) is 36.9 Å². The number of nitrogens with zero attached hydrogens (tertiary/aromatic N) is 2. The smallest absolute Gasteiger partial charge is 0.254 e. The molecule has 1 amide bonds. The molecular formula is C20H24N2O2. The first kappa shape index (κ1) is 16.4. The minimum Gasteiger partial charge on any atom is -0.497 e. The maximum atomic E-state index is 12.7. The lowest BCUT2D eigenvalue weighted by molar-refractivity contribution is 0.0746. The quantitative estimate of drug-likeness (QED) is 0.869. The Morgan fingerprint density at radius 2 is 1.71 bits per heavy atom. The molecular weight excluding hydrogens is 300 g/mol. The third-order valence-electron chi connectivity index (χ3n) is 4.74. The van der Waals surface area contributed by atoms with Crippen molar-refractivity contribution in [2.45, 2.75) is 13.8 Å². The van der Waals surface area contributed by atoms with Crippen molar-refractivity contribution in [3.63, 3.8) is 0 Å². The van der Waals surface area contributed by atoms with Gasteiger partial charge in [-0.1, -0.05) is 12.1 Å². The predicted octanol–water partition coefficient (Wildman–Crippen LogP) is 3.27. The molecule has 2 aromatic rings. The molecule has 0 saturated carbocycles. The third kappa shape index (κ3) is 3.37. The lowest BCUT2D eigenvalue weighted by Crippen LogP contribution is -2.48. The summed E-state index contributed by atoms with van der Waals surface area (Å²) in [5.41, 5.74) is 4.55. The number of carbonyl (C=O) groups excluding carboxylic acids is 1. The van der Waals surface area contributed by atoms with Crippen LogP contribution in [0, 0.1) is 13.8 Å². The zero-order valence-electron chi connectivity index (χ0n) is 14.6. The van der Waals surface area contributed by atoms with E-state index < -0.39 is 0 Å². The van der Waals surface area contributed by atoms with Crippen molar-refractivity contribution in [3.8, 4) is 5.75 Å². The number of hydrogen-bond acceptors (Lipinski definition) is 3. The van der Waals surface area contributed by atoms with Crippen molar-refractivity contribution in [1.82, 2.24) is 4.90 Å². The molecule has 0 unspecified atom stereocenters. The highest BCUT2D eigenvalue weighted by atomic mass is 16.5. The van der Waals surface area contributed by atoms with Crippen molar-refractivity contribution < 1.29 is 9.53 Å². The van der Waals surface area contributed by atoms with Gasteiger partial charge in [0.1, 0.15) is 5.75 Å². The summed E-state index contributed by atoms with van der Waals surface area (Å²) < 4.78 is 5.21. The second kappa shape index (κ2) is 6.95. The number of aryl methyl sites for hydroxylation is 2. The second-order valence-corrected chi connectivity index (χ2v) is 6.28. The first-order valence-electron chi connectivity index (χ1n) is 8.34. The van der Waals surface area contributed by atoms with E-state index in [1.807, 2.05) is 23.1 Å². The zero-order chi connectivity index (χ0) is 17.1. The lowest BCUT2D eigenvalue weighted by atomic mass is 10.1. The molecule has 0 aliphatic carbocycles. The number of methoxy groups -OCH3 is 1. The monoisotopic (exact) mass is 324 g/mol. The Labute approximate surface area is 143 Å². The van der Waals surface area contributed by atoms with E-state index >= 15 is 0 Å². The molecule has 2 aromatic carbocycles. The molecule has 24 heavy (non-hydrogen) atoms. The minimum absolute atomic E-state index is 0.0774. The van der Waals surface area contributed by atoms with Crippen LogP contribution in [0.2, 0.25) is 0 Å². The highest BCUT2D eigenvalue weighted by molar-refractivity contribution is 5.94. The first-order valence-corrected chi connectivity index (χ1v) is 8.34. The Morgan fingerprint density at radius 1 is 0.958 bits per heavy atom. The summed E-state index contributed by atoms with van der Waals surface area (Å²) in [4.78, 5) is 16.9. The van der Waals surface area contributed by atoms with Gasteiger partial charge in [-0.25, -0.2) is 0 Å². The number of piperazine rings is 1. The summed E-state index contributed by atoms with van der Waals surface area (Å²) in [5, 5.41) is 0. The van der Waals surface area contributed by atoms with Crippen molar-refractivity contribution in [2.24, 2.45) is 0 Å². The third-order valence-corrected chi connectivity index (χ3v) is 4.74. The number of benzene rings is 2. The number of anilines is 1. The molecule has 1 aliphatic heterocycles. The lowest BCUT2D eigenvalue weighted by Gasteiger charge is -2.36. The Hall–Kier alpha value is -2.49. The Balaban J connectivity index is 1.65. The van der Waals surface area contributed by atoms with Gasteiger partial charge in [0.2, 0.25) is 0 Å². The van der Waals surface area contributed by atoms with Crippen LogP contribution in [0.3, 0.4) is 0 Å². The Morgan fingerprint density at radius 3 is 2.38 bits per heavy atom. The number of rotatable bonds is 3. The number of hydrogen-bond donors (Lipinski definition) is 0. The molecule has 1 fully saturated rings. The standard InChI is InChI=1S/C20H24N2O2/c1-15-7-8-18(13-16(15)2)21-9-11-22(12-10-21)20(23)17-5-4-6-19(14-17)24-3/h4-8,13-14H,9-12H2,1-3H3. The van der Waals surface area contributed by atoms with E-state index in [1.54, 1.807) is 13.2 Å². The fraction of sp³-hybridized carbons (Fsp3) is 0.350. The zero-order valence-corrected chi connectivity index (χ0v) is 14.6. The van der Waals surface area contributed by atoms with Crippen molar-refractivity contribution in [2.75, 3.05) is 38.2 Å². The van der Waals surface area contributed by atoms with E-state index in [4.69, 9.17) is 4.74 Å². The van der Waals surface area contributed by atoms with Crippen LogP contribution in [0.15, 0.2) is 42.5 Å². The number of amides is 1. The van der Waals surface area contributed by atoms with Crippen LogP contribution in [0.25, 0.3) is 0 Å². The number of carbonyl (C=O) groups is 1. The van der Waals surface area contributed by atoms with Crippen LogP contribution in [0.1, 0.15) is 21.5 Å². The average molecular weight is 324 g/mol. The Bertz CT molecular complexity index is 734. The van der Waals surface area contributed by atoms with Crippen LogP contribution in [-0.4, -0.2) is 44.1 Å². The molecule has 1 aliphatic rings. The summed E-state index contributed by atoms with van der Waals surface area (Å²) in [7, 11) is 1.62.